The third-order valence-electron chi connectivity index (χ3n) is 3.92. The number of carbonyl (C=O) groups excluding carboxylic acids is 2. The molecule has 1 aliphatic rings. The Labute approximate surface area is 147 Å². The number of hydrogen-bond donors (Lipinski definition) is 1. The van der Waals surface area contributed by atoms with E-state index in [-0.39, 0.29) is 23.0 Å². The van der Waals surface area contributed by atoms with Gasteiger partial charge in [-0.3, -0.25) is 9.59 Å². The van der Waals surface area contributed by atoms with E-state index >= 15 is 0 Å². The lowest BCUT2D eigenvalue weighted by atomic mass is 10.1. The molecule has 0 saturated heterocycles. The number of thioether (sulfide) groups is 1. The predicted octanol–water partition coefficient (Wildman–Crippen LogP) is 3.14. The number of amides is 1. The van der Waals surface area contributed by atoms with Gasteiger partial charge < -0.3 is 4.74 Å². The van der Waals surface area contributed by atoms with Gasteiger partial charge in [0.05, 0.1) is 23.5 Å². The van der Waals surface area contributed by atoms with Crippen molar-refractivity contribution in [3.63, 3.8) is 0 Å². The highest BCUT2D eigenvalue weighted by atomic mass is 32.2. The molecule has 5 nitrogen and oxygen atoms in total. The number of hydrogen-bond acceptors (Lipinski definition) is 5. The van der Waals surface area contributed by atoms with Gasteiger partial charge in [0.25, 0.3) is 5.91 Å². The number of carbonyl (C=O) groups is 2. The molecule has 1 aromatic rings. The van der Waals surface area contributed by atoms with Gasteiger partial charge in [-0.2, -0.15) is 5.10 Å². The Morgan fingerprint density at radius 3 is 2.83 bits per heavy atom. The zero-order valence-corrected chi connectivity index (χ0v) is 15.0. The number of benzene rings is 1. The fourth-order valence-corrected chi connectivity index (χ4v) is 3.39. The van der Waals surface area contributed by atoms with Crippen LogP contribution in [0.1, 0.15) is 38.7 Å². The summed E-state index contributed by atoms with van der Waals surface area (Å²) in [4.78, 5) is 24.0. The average molecular weight is 348 g/mol. The van der Waals surface area contributed by atoms with E-state index in [1.807, 2.05) is 37.3 Å². The van der Waals surface area contributed by atoms with E-state index in [2.05, 4.69) is 10.5 Å². The summed E-state index contributed by atoms with van der Waals surface area (Å²) in [7, 11) is 0. The summed E-state index contributed by atoms with van der Waals surface area (Å²) >= 11 is 1.56. The summed E-state index contributed by atoms with van der Waals surface area (Å²) in [5, 5.41) is 3.98. The third-order valence-corrected chi connectivity index (χ3v) is 5.13. The van der Waals surface area contributed by atoms with E-state index in [1.54, 1.807) is 18.7 Å². The highest BCUT2D eigenvalue weighted by Gasteiger charge is 2.30. The normalized spacial score (nSPS) is 19.9. The molecule has 24 heavy (non-hydrogen) atoms. The molecule has 2 atom stereocenters. The van der Waals surface area contributed by atoms with Gasteiger partial charge in [0.15, 0.2) is 0 Å². The number of nitrogens with one attached hydrogen (secondary N) is 1. The van der Waals surface area contributed by atoms with Crippen molar-refractivity contribution in [2.24, 2.45) is 11.0 Å². The lowest BCUT2D eigenvalue weighted by Gasteiger charge is -2.12. The molecular weight excluding hydrogens is 324 g/mol. The molecule has 1 aromatic carbocycles. The van der Waals surface area contributed by atoms with Crippen LogP contribution in [0, 0.1) is 5.92 Å². The highest BCUT2D eigenvalue weighted by molar-refractivity contribution is 7.99. The maximum absolute atomic E-state index is 12.2. The Morgan fingerprint density at radius 2 is 2.12 bits per heavy atom. The van der Waals surface area contributed by atoms with Crippen LogP contribution in [0.4, 0.5) is 0 Å². The van der Waals surface area contributed by atoms with Crippen LogP contribution in [-0.2, 0) is 20.1 Å². The fourth-order valence-electron chi connectivity index (χ4n) is 2.55. The molecule has 1 N–H and O–H groups in total. The summed E-state index contributed by atoms with van der Waals surface area (Å²) in [5.41, 5.74) is 4.52. The Morgan fingerprint density at radius 1 is 1.38 bits per heavy atom. The van der Waals surface area contributed by atoms with E-state index < -0.39 is 0 Å². The quantitative estimate of drug-likeness (QED) is 0.607. The van der Waals surface area contributed by atoms with Crippen molar-refractivity contribution in [3.8, 4) is 0 Å². The van der Waals surface area contributed by atoms with Crippen molar-refractivity contribution in [1.29, 1.82) is 0 Å². The van der Waals surface area contributed by atoms with Gasteiger partial charge in [0.1, 0.15) is 0 Å². The molecule has 0 bridgehead atoms. The topological polar surface area (TPSA) is 67.8 Å². The highest BCUT2D eigenvalue weighted by Crippen LogP contribution is 2.24. The molecule has 2 rings (SSSR count). The predicted molar refractivity (Wildman–Crippen MR) is 96.8 cm³/mol. The second-order valence-electron chi connectivity index (χ2n) is 5.71. The number of ether oxygens (including phenoxy) is 1. The van der Waals surface area contributed by atoms with Crippen LogP contribution in [0.2, 0.25) is 0 Å². The minimum Gasteiger partial charge on any atom is -0.465 e. The maximum atomic E-state index is 12.2. The molecular formula is C18H24N2O3S. The van der Waals surface area contributed by atoms with E-state index in [0.29, 0.717) is 6.61 Å². The van der Waals surface area contributed by atoms with Crippen LogP contribution in [0.5, 0.6) is 0 Å². The van der Waals surface area contributed by atoms with E-state index in [0.717, 1.165) is 30.7 Å². The van der Waals surface area contributed by atoms with E-state index in [9.17, 15) is 9.59 Å². The first-order chi connectivity index (χ1) is 11.6. The van der Waals surface area contributed by atoms with E-state index in [4.69, 9.17) is 4.74 Å². The standard InChI is InChI=1S/C18H24N2O3S/c1-3-23-18(22)15-10-7-11-16(15)19-20-17(21)13(2)24-12-14-8-5-4-6-9-14/h4-6,8-9,13,15H,3,7,10-12H2,1-2H3,(H,20,21)/b19-16-/t13-,15-/m0/s1. The number of esters is 1. The largest absolute Gasteiger partial charge is 0.465 e. The first-order valence-electron chi connectivity index (χ1n) is 8.30. The summed E-state index contributed by atoms with van der Waals surface area (Å²) in [5.74, 6) is 0.0854. The molecule has 6 heteroatoms. The second kappa shape index (κ2) is 9.47. The molecule has 1 saturated carbocycles. The van der Waals surface area contributed by atoms with Crippen molar-refractivity contribution in [2.45, 2.75) is 44.1 Å². The number of rotatable bonds is 7. The molecule has 0 spiro atoms. The molecule has 0 unspecified atom stereocenters. The van der Waals surface area contributed by atoms with Crippen LogP contribution in [0.3, 0.4) is 0 Å². The van der Waals surface area contributed by atoms with Gasteiger partial charge in [-0.05, 0) is 38.7 Å². The fraction of sp³-hybridized carbons (Fsp3) is 0.500. The molecule has 0 aliphatic heterocycles. The Kier molecular flexibility index (Phi) is 7.31. The van der Waals surface area contributed by atoms with Crippen molar-refractivity contribution >= 4 is 29.4 Å². The van der Waals surface area contributed by atoms with Crippen LogP contribution >= 0.6 is 11.8 Å². The third kappa shape index (κ3) is 5.37. The lowest BCUT2D eigenvalue weighted by molar-refractivity contribution is -0.145. The molecule has 130 valence electrons. The maximum Gasteiger partial charge on any atom is 0.314 e. The summed E-state index contributed by atoms with van der Waals surface area (Å²) in [6.45, 7) is 4.01. The van der Waals surface area contributed by atoms with Crippen LogP contribution in [-0.4, -0.2) is 29.4 Å². The zero-order chi connectivity index (χ0) is 17.4. The van der Waals surface area contributed by atoms with Gasteiger partial charge >= 0.3 is 5.97 Å². The minimum absolute atomic E-state index is 0.141. The first kappa shape index (κ1) is 18.5. The molecule has 1 amide bonds. The Bertz CT molecular complexity index is 589. The summed E-state index contributed by atoms with van der Waals surface area (Å²) < 4.78 is 5.06. The van der Waals surface area contributed by atoms with Crippen molar-refractivity contribution in [1.82, 2.24) is 5.43 Å². The van der Waals surface area contributed by atoms with Gasteiger partial charge in [-0.15, -0.1) is 11.8 Å². The van der Waals surface area contributed by atoms with Gasteiger partial charge in [0.2, 0.25) is 0 Å². The minimum atomic E-state index is -0.308. The Hall–Kier alpha value is -1.82. The molecule has 1 fully saturated rings. The average Bonchev–Trinajstić information content (AvgIpc) is 3.07. The molecule has 1 aliphatic carbocycles. The van der Waals surface area contributed by atoms with E-state index in [1.165, 1.54) is 5.56 Å². The van der Waals surface area contributed by atoms with Gasteiger partial charge in [-0.1, -0.05) is 30.3 Å². The number of hydrazone groups is 1. The van der Waals surface area contributed by atoms with Crippen LogP contribution in [0.15, 0.2) is 35.4 Å². The number of nitrogens with zero attached hydrogens (tertiary/aromatic N) is 1. The van der Waals surface area contributed by atoms with Crippen molar-refractivity contribution in [2.75, 3.05) is 6.61 Å². The van der Waals surface area contributed by atoms with Gasteiger partial charge in [0, 0.05) is 5.75 Å². The Balaban J connectivity index is 1.83. The van der Waals surface area contributed by atoms with Gasteiger partial charge in [-0.25, -0.2) is 5.43 Å². The molecule has 0 heterocycles. The zero-order valence-electron chi connectivity index (χ0n) is 14.2. The summed E-state index contributed by atoms with van der Waals surface area (Å²) in [6, 6.07) is 10.0. The van der Waals surface area contributed by atoms with Crippen LogP contribution < -0.4 is 5.43 Å². The monoisotopic (exact) mass is 348 g/mol. The summed E-state index contributed by atoms with van der Waals surface area (Å²) in [6.07, 6.45) is 2.37. The second-order valence-corrected chi connectivity index (χ2v) is 7.04. The SMILES string of the molecule is CCOC(=O)[C@H]1CCC/C1=N/NC(=O)[C@H](C)SCc1ccccc1. The van der Waals surface area contributed by atoms with Crippen molar-refractivity contribution in [3.05, 3.63) is 35.9 Å². The first-order valence-corrected chi connectivity index (χ1v) is 9.35. The molecule has 0 aromatic heterocycles. The lowest BCUT2D eigenvalue weighted by Crippen LogP contribution is -2.30. The molecule has 0 radical (unpaired) electrons. The smallest absolute Gasteiger partial charge is 0.314 e. The van der Waals surface area contributed by atoms with Crippen molar-refractivity contribution < 1.29 is 14.3 Å². The van der Waals surface area contributed by atoms with Crippen LogP contribution in [0.25, 0.3) is 0 Å².